The maximum atomic E-state index is 12.6. The SMILES string of the molecule is Cc1cccc(COCC[C@H]2CO[C@H]3CN(C(=O)N4CCCC4)C[C@@H]23)n1. The second-order valence-electron chi connectivity index (χ2n) is 7.79. The van der Waals surface area contributed by atoms with Crippen LogP contribution in [0, 0.1) is 18.8 Å². The Labute approximate surface area is 155 Å². The van der Waals surface area contributed by atoms with Gasteiger partial charge in [-0.2, -0.15) is 0 Å². The number of carbonyl (C=O) groups is 1. The average Bonchev–Trinajstić information content (AvgIpc) is 3.36. The summed E-state index contributed by atoms with van der Waals surface area (Å²) in [6.45, 7) is 7.48. The second-order valence-corrected chi connectivity index (χ2v) is 7.79. The summed E-state index contributed by atoms with van der Waals surface area (Å²) in [5.41, 5.74) is 2.00. The Bertz CT molecular complexity index is 632. The van der Waals surface area contributed by atoms with E-state index in [0.29, 0.717) is 25.0 Å². The van der Waals surface area contributed by atoms with Gasteiger partial charge in [0.2, 0.25) is 0 Å². The number of nitrogens with zero attached hydrogens (tertiary/aromatic N) is 3. The van der Waals surface area contributed by atoms with Gasteiger partial charge in [-0.15, -0.1) is 0 Å². The summed E-state index contributed by atoms with van der Waals surface area (Å²) in [6, 6.07) is 6.22. The van der Waals surface area contributed by atoms with Gasteiger partial charge in [-0.25, -0.2) is 4.79 Å². The molecule has 0 radical (unpaired) electrons. The summed E-state index contributed by atoms with van der Waals surface area (Å²) in [4.78, 5) is 21.1. The molecule has 0 bridgehead atoms. The molecule has 4 rings (SSSR count). The molecule has 0 aliphatic carbocycles. The number of aryl methyl sites for hydroxylation is 1. The molecule has 6 heteroatoms. The zero-order valence-corrected chi connectivity index (χ0v) is 15.6. The number of hydrogen-bond donors (Lipinski definition) is 0. The summed E-state index contributed by atoms with van der Waals surface area (Å²) >= 11 is 0. The highest BCUT2D eigenvalue weighted by Gasteiger charge is 2.45. The van der Waals surface area contributed by atoms with Crippen molar-refractivity contribution in [3.63, 3.8) is 0 Å². The zero-order chi connectivity index (χ0) is 17.9. The lowest BCUT2D eigenvalue weighted by molar-refractivity contribution is 0.0821. The van der Waals surface area contributed by atoms with Gasteiger partial charge >= 0.3 is 6.03 Å². The fourth-order valence-corrected chi connectivity index (χ4v) is 4.45. The second kappa shape index (κ2) is 7.92. The number of aromatic nitrogens is 1. The van der Waals surface area contributed by atoms with E-state index in [1.165, 1.54) is 0 Å². The molecular weight excluding hydrogens is 330 g/mol. The monoisotopic (exact) mass is 359 g/mol. The minimum Gasteiger partial charge on any atom is -0.376 e. The topological polar surface area (TPSA) is 54.9 Å². The van der Waals surface area contributed by atoms with Crippen LogP contribution in [0.15, 0.2) is 18.2 Å². The van der Waals surface area contributed by atoms with E-state index in [1.54, 1.807) is 0 Å². The van der Waals surface area contributed by atoms with Crippen LogP contribution in [-0.4, -0.2) is 66.3 Å². The predicted octanol–water partition coefficient (Wildman–Crippen LogP) is 2.46. The molecule has 3 atom stereocenters. The molecule has 3 fully saturated rings. The fourth-order valence-electron chi connectivity index (χ4n) is 4.45. The molecule has 1 aromatic rings. The fraction of sp³-hybridized carbons (Fsp3) is 0.700. The molecule has 0 spiro atoms. The maximum Gasteiger partial charge on any atom is 0.320 e. The molecule has 2 amide bonds. The number of amides is 2. The van der Waals surface area contributed by atoms with Gasteiger partial charge in [0, 0.05) is 44.4 Å². The highest BCUT2D eigenvalue weighted by Crippen LogP contribution is 2.36. The minimum absolute atomic E-state index is 0.209. The molecule has 0 saturated carbocycles. The normalized spacial score (nSPS) is 28.0. The van der Waals surface area contributed by atoms with Crippen molar-refractivity contribution >= 4 is 6.03 Å². The van der Waals surface area contributed by atoms with Gasteiger partial charge in [0.05, 0.1) is 25.0 Å². The van der Waals surface area contributed by atoms with Gasteiger partial charge < -0.3 is 19.3 Å². The highest BCUT2D eigenvalue weighted by molar-refractivity contribution is 5.75. The van der Waals surface area contributed by atoms with Crippen molar-refractivity contribution in [1.82, 2.24) is 14.8 Å². The summed E-state index contributed by atoms with van der Waals surface area (Å²) in [5.74, 6) is 0.948. The van der Waals surface area contributed by atoms with Gasteiger partial charge in [-0.05, 0) is 44.2 Å². The van der Waals surface area contributed by atoms with Gasteiger partial charge in [-0.1, -0.05) is 6.07 Å². The molecule has 3 saturated heterocycles. The van der Waals surface area contributed by atoms with E-state index in [0.717, 1.165) is 63.4 Å². The lowest BCUT2D eigenvalue weighted by Gasteiger charge is -2.25. The highest BCUT2D eigenvalue weighted by atomic mass is 16.5. The van der Waals surface area contributed by atoms with E-state index in [-0.39, 0.29) is 12.1 Å². The quantitative estimate of drug-likeness (QED) is 0.758. The molecular formula is C20H29N3O3. The third-order valence-corrected chi connectivity index (χ3v) is 5.91. The number of ether oxygens (including phenoxy) is 2. The van der Waals surface area contributed by atoms with Crippen LogP contribution >= 0.6 is 0 Å². The van der Waals surface area contributed by atoms with Crippen molar-refractivity contribution in [2.24, 2.45) is 11.8 Å². The predicted molar refractivity (Wildman–Crippen MR) is 97.7 cm³/mol. The van der Waals surface area contributed by atoms with Crippen LogP contribution in [0.5, 0.6) is 0 Å². The number of urea groups is 1. The van der Waals surface area contributed by atoms with E-state index in [2.05, 4.69) is 4.98 Å². The van der Waals surface area contributed by atoms with Gasteiger partial charge in [-0.3, -0.25) is 4.98 Å². The summed E-state index contributed by atoms with van der Waals surface area (Å²) in [5, 5.41) is 0. The van der Waals surface area contributed by atoms with Crippen molar-refractivity contribution in [3.8, 4) is 0 Å². The molecule has 0 aromatic carbocycles. The van der Waals surface area contributed by atoms with Crippen LogP contribution in [0.3, 0.4) is 0 Å². The number of rotatable bonds is 5. The molecule has 3 aliphatic heterocycles. The number of carbonyl (C=O) groups excluding carboxylic acids is 1. The van der Waals surface area contributed by atoms with Gasteiger partial charge in [0.25, 0.3) is 0 Å². The third-order valence-electron chi connectivity index (χ3n) is 5.91. The van der Waals surface area contributed by atoms with E-state index >= 15 is 0 Å². The summed E-state index contributed by atoms with van der Waals surface area (Å²) < 4.78 is 11.8. The first-order chi connectivity index (χ1) is 12.7. The molecule has 1 aromatic heterocycles. The Kier molecular flexibility index (Phi) is 5.41. The van der Waals surface area contributed by atoms with E-state index in [1.807, 2.05) is 34.9 Å². The zero-order valence-electron chi connectivity index (χ0n) is 15.6. The first kappa shape index (κ1) is 17.7. The van der Waals surface area contributed by atoms with E-state index in [9.17, 15) is 4.79 Å². The Morgan fingerprint density at radius 3 is 2.92 bits per heavy atom. The van der Waals surface area contributed by atoms with Crippen LogP contribution in [0.25, 0.3) is 0 Å². The molecule has 0 unspecified atom stereocenters. The lowest BCUT2D eigenvalue weighted by atomic mass is 9.91. The molecule has 4 heterocycles. The standard InChI is InChI=1S/C20H29N3O3/c1-15-5-4-6-17(21-15)14-25-10-7-16-13-26-19-12-23(11-18(16)19)20(24)22-8-2-3-9-22/h4-6,16,18-19H,2-3,7-14H2,1H3/t16-,18-,19-/m0/s1. The number of pyridine rings is 1. The van der Waals surface area contributed by atoms with Crippen LogP contribution in [0.1, 0.15) is 30.7 Å². The van der Waals surface area contributed by atoms with Crippen molar-refractivity contribution in [2.75, 3.05) is 39.4 Å². The first-order valence-corrected chi connectivity index (χ1v) is 9.86. The molecule has 142 valence electrons. The molecule has 6 nitrogen and oxygen atoms in total. The van der Waals surface area contributed by atoms with Crippen molar-refractivity contribution in [3.05, 3.63) is 29.6 Å². The Hall–Kier alpha value is -1.66. The third kappa shape index (κ3) is 3.86. The van der Waals surface area contributed by atoms with Crippen molar-refractivity contribution < 1.29 is 14.3 Å². The Morgan fingerprint density at radius 2 is 2.12 bits per heavy atom. The van der Waals surface area contributed by atoms with Crippen LogP contribution in [-0.2, 0) is 16.1 Å². The van der Waals surface area contributed by atoms with Gasteiger partial charge in [0.1, 0.15) is 0 Å². The van der Waals surface area contributed by atoms with Gasteiger partial charge in [0.15, 0.2) is 0 Å². The Morgan fingerprint density at radius 1 is 1.27 bits per heavy atom. The van der Waals surface area contributed by atoms with Crippen LogP contribution in [0.4, 0.5) is 4.79 Å². The van der Waals surface area contributed by atoms with Crippen LogP contribution < -0.4 is 0 Å². The van der Waals surface area contributed by atoms with E-state index < -0.39 is 0 Å². The number of fused-ring (bicyclic) bond motifs is 1. The molecule has 26 heavy (non-hydrogen) atoms. The Balaban J connectivity index is 1.22. The van der Waals surface area contributed by atoms with Crippen LogP contribution in [0.2, 0.25) is 0 Å². The maximum absolute atomic E-state index is 12.6. The van der Waals surface area contributed by atoms with Crippen molar-refractivity contribution in [1.29, 1.82) is 0 Å². The number of likely N-dealkylation sites (tertiary alicyclic amines) is 2. The first-order valence-electron chi connectivity index (χ1n) is 9.86. The lowest BCUT2D eigenvalue weighted by Crippen LogP contribution is -2.41. The summed E-state index contributed by atoms with van der Waals surface area (Å²) in [7, 11) is 0. The minimum atomic E-state index is 0.209. The molecule has 3 aliphatic rings. The molecule has 0 N–H and O–H groups in total. The number of hydrogen-bond acceptors (Lipinski definition) is 4. The van der Waals surface area contributed by atoms with E-state index in [4.69, 9.17) is 9.47 Å². The van der Waals surface area contributed by atoms with Crippen molar-refractivity contribution in [2.45, 2.75) is 38.9 Å². The average molecular weight is 359 g/mol. The largest absolute Gasteiger partial charge is 0.376 e. The summed E-state index contributed by atoms with van der Waals surface area (Å²) in [6.07, 6.45) is 3.47. The smallest absolute Gasteiger partial charge is 0.320 e.